The Morgan fingerprint density at radius 2 is 2.11 bits per heavy atom. The van der Waals surface area contributed by atoms with Crippen molar-refractivity contribution in [2.24, 2.45) is 0 Å². The normalized spacial score (nSPS) is 25.5. The number of hydrogen-bond acceptors (Lipinski definition) is 5. The fourth-order valence-corrected chi connectivity index (χ4v) is 2.95. The molecular weight excluding hydrogens is 246 g/mol. The van der Waals surface area contributed by atoms with E-state index >= 15 is 0 Å². The molecule has 0 aliphatic carbocycles. The van der Waals surface area contributed by atoms with Crippen molar-refractivity contribution in [3.8, 4) is 0 Å². The third kappa shape index (κ3) is 3.01. The Labute approximate surface area is 114 Å². The van der Waals surface area contributed by atoms with E-state index in [-0.39, 0.29) is 11.5 Å². The lowest BCUT2D eigenvalue weighted by atomic mass is 9.96. The number of aromatic nitrogens is 2. The molecule has 1 aromatic heterocycles. The van der Waals surface area contributed by atoms with Crippen molar-refractivity contribution in [3.63, 3.8) is 0 Å². The Morgan fingerprint density at radius 3 is 2.67 bits per heavy atom. The SMILES string of the molecule is CCC1CN(c2nc(C(C)(C)C)ns2)CC(C)O1. The topological polar surface area (TPSA) is 38.2 Å². The Balaban J connectivity index is 2.13. The number of rotatable bonds is 2. The molecule has 2 heterocycles. The third-order valence-corrected chi connectivity index (χ3v) is 3.92. The van der Waals surface area contributed by atoms with Gasteiger partial charge in [0.05, 0.1) is 12.2 Å². The van der Waals surface area contributed by atoms with Crippen LogP contribution in [-0.2, 0) is 10.2 Å². The van der Waals surface area contributed by atoms with Gasteiger partial charge in [-0.3, -0.25) is 0 Å². The molecule has 2 rings (SSSR count). The first-order valence-corrected chi connectivity index (χ1v) is 7.42. The van der Waals surface area contributed by atoms with Crippen molar-refractivity contribution in [3.05, 3.63) is 5.82 Å². The minimum absolute atomic E-state index is 0.0246. The van der Waals surface area contributed by atoms with Crippen molar-refractivity contribution < 1.29 is 4.74 Å². The molecule has 1 saturated heterocycles. The molecule has 4 nitrogen and oxygen atoms in total. The number of nitrogens with zero attached hydrogens (tertiary/aromatic N) is 3. The number of morpholine rings is 1. The standard InChI is InChI=1S/C13H23N3OS/c1-6-10-8-16(7-9(2)17-10)12-14-11(15-18-12)13(3,4)5/h9-10H,6-8H2,1-5H3. The Hall–Kier alpha value is -0.680. The quantitative estimate of drug-likeness (QED) is 0.827. The van der Waals surface area contributed by atoms with E-state index in [0.717, 1.165) is 30.5 Å². The van der Waals surface area contributed by atoms with Crippen molar-refractivity contribution >= 4 is 16.7 Å². The lowest BCUT2D eigenvalue weighted by molar-refractivity contribution is -0.0172. The maximum absolute atomic E-state index is 5.88. The van der Waals surface area contributed by atoms with Crippen LogP contribution in [0.2, 0.25) is 0 Å². The van der Waals surface area contributed by atoms with Crippen LogP contribution in [0.25, 0.3) is 0 Å². The van der Waals surface area contributed by atoms with Gasteiger partial charge >= 0.3 is 0 Å². The molecule has 2 atom stereocenters. The van der Waals surface area contributed by atoms with Crippen molar-refractivity contribution in [1.82, 2.24) is 9.36 Å². The average Bonchev–Trinajstić information content (AvgIpc) is 2.77. The van der Waals surface area contributed by atoms with E-state index in [1.54, 1.807) is 0 Å². The predicted molar refractivity (Wildman–Crippen MR) is 75.4 cm³/mol. The summed E-state index contributed by atoms with van der Waals surface area (Å²) in [5.41, 5.74) is 0.0246. The van der Waals surface area contributed by atoms with Gasteiger partial charge in [0.2, 0.25) is 5.13 Å². The van der Waals surface area contributed by atoms with Gasteiger partial charge in [-0.15, -0.1) is 0 Å². The van der Waals surface area contributed by atoms with Crippen LogP contribution in [0.4, 0.5) is 5.13 Å². The molecular formula is C13H23N3OS. The molecule has 1 fully saturated rings. The Kier molecular flexibility index (Phi) is 3.92. The highest BCUT2D eigenvalue weighted by Gasteiger charge is 2.28. The number of anilines is 1. The average molecular weight is 269 g/mol. The van der Waals surface area contributed by atoms with E-state index in [4.69, 9.17) is 4.74 Å². The van der Waals surface area contributed by atoms with Gasteiger partial charge in [-0.25, -0.2) is 4.98 Å². The second-order valence-corrected chi connectivity index (χ2v) is 6.76. The summed E-state index contributed by atoms with van der Waals surface area (Å²) in [5, 5.41) is 1.04. The van der Waals surface area contributed by atoms with E-state index in [2.05, 4.69) is 48.9 Å². The summed E-state index contributed by atoms with van der Waals surface area (Å²) in [6, 6.07) is 0. The lowest BCUT2D eigenvalue weighted by Crippen LogP contribution is -2.46. The molecule has 0 amide bonds. The molecule has 1 aliphatic heterocycles. The highest BCUT2D eigenvalue weighted by atomic mass is 32.1. The van der Waals surface area contributed by atoms with E-state index < -0.39 is 0 Å². The van der Waals surface area contributed by atoms with Crippen LogP contribution >= 0.6 is 11.5 Å². The zero-order valence-corrected chi connectivity index (χ0v) is 12.8. The molecule has 0 spiro atoms. The molecule has 0 N–H and O–H groups in total. The minimum Gasteiger partial charge on any atom is -0.372 e. The maximum Gasteiger partial charge on any atom is 0.205 e. The molecule has 1 aromatic rings. The van der Waals surface area contributed by atoms with Crippen molar-refractivity contribution in [2.45, 2.75) is 58.7 Å². The maximum atomic E-state index is 5.88. The first-order valence-electron chi connectivity index (χ1n) is 6.64. The smallest absolute Gasteiger partial charge is 0.205 e. The summed E-state index contributed by atoms with van der Waals surface area (Å²) in [5.74, 6) is 0.940. The Morgan fingerprint density at radius 1 is 1.39 bits per heavy atom. The summed E-state index contributed by atoms with van der Waals surface area (Å²) in [4.78, 5) is 7.00. The van der Waals surface area contributed by atoms with E-state index in [9.17, 15) is 0 Å². The Bertz CT molecular complexity index is 399. The molecule has 18 heavy (non-hydrogen) atoms. The van der Waals surface area contributed by atoms with Crippen molar-refractivity contribution in [1.29, 1.82) is 0 Å². The fraction of sp³-hybridized carbons (Fsp3) is 0.846. The van der Waals surface area contributed by atoms with Gasteiger partial charge in [-0.05, 0) is 13.3 Å². The van der Waals surface area contributed by atoms with Crippen LogP contribution < -0.4 is 4.90 Å². The molecule has 0 aromatic carbocycles. The van der Waals surface area contributed by atoms with E-state index in [1.165, 1.54) is 11.5 Å². The zero-order chi connectivity index (χ0) is 13.3. The highest BCUT2D eigenvalue weighted by Crippen LogP contribution is 2.27. The highest BCUT2D eigenvalue weighted by molar-refractivity contribution is 7.09. The third-order valence-electron chi connectivity index (χ3n) is 3.14. The fourth-order valence-electron chi connectivity index (χ4n) is 2.08. The van der Waals surface area contributed by atoms with Crippen molar-refractivity contribution in [2.75, 3.05) is 18.0 Å². The molecule has 0 radical (unpaired) electrons. The molecule has 102 valence electrons. The van der Waals surface area contributed by atoms with Crippen LogP contribution in [0.1, 0.15) is 46.9 Å². The van der Waals surface area contributed by atoms with Gasteiger partial charge in [0.25, 0.3) is 0 Å². The predicted octanol–water partition coefficient (Wildman–Crippen LogP) is 2.84. The second kappa shape index (κ2) is 5.13. The minimum atomic E-state index is 0.0246. The van der Waals surface area contributed by atoms with Crippen LogP contribution in [-0.4, -0.2) is 34.7 Å². The van der Waals surface area contributed by atoms with Gasteiger partial charge in [-0.1, -0.05) is 27.7 Å². The summed E-state index contributed by atoms with van der Waals surface area (Å²) >= 11 is 1.51. The monoisotopic (exact) mass is 269 g/mol. The van der Waals surface area contributed by atoms with Crippen LogP contribution in [0.5, 0.6) is 0 Å². The number of ether oxygens (including phenoxy) is 1. The zero-order valence-electron chi connectivity index (χ0n) is 11.9. The summed E-state index contributed by atoms with van der Waals surface area (Å²) in [6.07, 6.45) is 1.63. The van der Waals surface area contributed by atoms with Gasteiger partial charge in [-0.2, -0.15) is 4.37 Å². The lowest BCUT2D eigenvalue weighted by Gasteiger charge is -2.36. The van der Waals surface area contributed by atoms with E-state index in [0.29, 0.717) is 6.10 Å². The number of hydrogen-bond donors (Lipinski definition) is 0. The van der Waals surface area contributed by atoms with Gasteiger partial charge in [0.1, 0.15) is 5.82 Å². The summed E-state index contributed by atoms with van der Waals surface area (Å²) < 4.78 is 10.4. The van der Waals surface area contributed by atoms with Gasteiger partial charge < -0.3 is 9.64 Å². The molecule has 5 heteroatoms. The summed E-state index contributed by atoms with van der Waals surface area (Å²) in [6.45, 7) is 12.6. The first-order chi connectivity index (χ1) is 8.40. The van der Waals surface area contributed by atoms with Crippen LogP contribution in [0, 0.1) is 0 Å². The second-order valence-electron chi connectivity index (χ2n) is 6.03. The molecule has 0 saturated carbocycles. The summed E-state index contributed by atoms with van der Waals surface area (Å²) in [7, 11) is 0. The van der Waals surface area contributed by atoms with Gasteiger partial charge in [0, 0.05) is 30.0 Å². The molecule has 2 unspecified atom stereocenters. The van der Waals surface area contributed by atoms with E-state index in [1.807, 2.05) is 0 Å². The molecule has 0 bridgehead atoms. The molecule has 1 aliphatic rings. The van der Waals surface area contributed by atoms with Crippen LogP contribution in [0.3, 0.4) is 0 Å². The van der Waals surface area contributed by atoms with Crippen LogP contribution in [0.15, 0.2) is 0 Å². The largest absolute Gasteiger partial charge is 0.372 e. The van der Waals surface area contributed by atoms with Gasteiger partial charge in [0.15, 0.2) is 0 Å². The first kappa shape index (κ1) is 13.7.